The van der Waals surface area contributed by atoms with E-state index in [4.69, 9.17) is 9.47 Å². The molecule has 0 spiro atoms. The van der Waals surface area contributed by atoms with Crippen LogP contribution in [-0.4, -0.2) is 64.3 Å². The van der Waals surface area contributed by atoms with Gasteiger partial charge in [-0.05, 0) is 17.7 Å². The van der Waals surface area contributed by atoms with Crippen molar-refractivity contribution in [1.82, 2.24) is 19.8 Å². The molecular formula is C22H23N5O3S. The molecule has 9 heteroatoms. The van der Waals surface area contributed by atoms with Crippen molar-refractivity contribution in [2.24, 2.45) is 0 Å². The Hall–Kier alpha value is -3.04. The first kappa shape index (κ1) is 19.9. The van der Waals surface area contributed by atoms with Crippen LogP contribution in [0.15, 0.2) is 59.8 Å². The Labute approximate surface area is 184 Å². The van der Waals surface area contributed by atoms with E-state index in [0.717, 1.165) is 22.7 Å². The number of morpholine rings is 1. The van der Waals surface area contributed by atoms with Gasteiger partial charge in [0, 0.05) is 18.7 Å². The van der Waals surface area contributed by atoms with Crippen molar-refractivity contribution in [3.63, 3.8) is 0 Å². The molecule has 160 valence electrons. The zero-order valence-corrected chi connectivity index (χ0v) is 17.9. The molecule has 1 aromatic heterocycles. The molecule has 0 saturated carbocycles. The van der Waals surface area contributed by atoms with Crippen molar-refractivity contribution in [1.29, 1.82) is 0 Å². The number of carbonyl (C=O) groups excluding carboxylic acids is 1. The summed E-state index contributed by atoms with van der Waals surface area (Å²) in [5.41, 5.74) is 5.48. The number of hydrogen-bond donors (Lipinski definition) is 1. The normalized spacial score (nSPS) is 20.6. The Morgan fingerprint density at radius 1 is 1.10 bits per heavy atom. The Morgan fingerprint density at radius 2 is 1.84 bits per heavy atom. The molecular weight excluding hydrogens is 414 g/mol. The molecule has 0 bridgehead atoms. The Balaban J connectivity index is 1.52. The molecule has 1 fully saturated rings. The predicted molar refractivity (Wildman–Crippen MR) is 118 cm³/mol. The Bertz CT molecular complexity index is 1050. The predicted octanol–water partition coefficient (Wildman–Crippen LogP) is 2.57. The van der Waals surface area contributed by atoms with Crippen LogP contribution in [0, 0.1) is 0 Å². The summed E-state index contributed by atoms with van der Waals surface area (Å²) in [6.07, 6.45) is 0. The third-order valence-electron chi connectivity index (χ3n) is 5.51. The van der Waals surface area contributed by atoms with Crippen LogP contribution < -0.4 is 10.2 Å². The lowest BCUT2D eigenvalue weighted by Crippen LogP contribution is -2.49. The summed E-state index contributed by atoms with van der Waals surface area (Å²) in [7, 11) is 1.64. The molecule has 3 heterocycles. The Morgan fingerprint density at radius 3 is 2.55 bits per heavy atom. The number of hydrogen-bond acceptors (Lipinski definition) is 7. The number of amides is 1. The smallest absolute Gasteiger partial charge is 0.238 e. The van der Waals surface area contributed by atoms with Gasteiger partial charge in [0.2, 0.25) is 11.1 Å². The van der Waals surface area contributed by atoms with E-state index in [0.29, 0.717) is 31.5 Å². The lowest BCUT2D eigenvalue weighted by molar-refractivity contribution is -0.135. The topological polar surface area (TPSA) is 81.5 Å². The average molecular weight is 438 g/mol. The number of rotatable bonds is 4. The highest BCUT2D eigenvalue weighted by Crippen LogP contribution is 2.39. The highest BCUT2D eigenvalue weighted by Gasteiger charge is 2.40. The monoisotopic (exact) mass is 437 g/mol. The molecule has 0 aliphatic carbocycles. The Kier molecular flexibility index (Phi) is 5.52. The van der Waals surface area contributed by atoms with Crippen LogP contribution in [0.2, 0.25) is 0 Å². The molecule has 2 aromatic carbocycles. The number of fused-ring (bicyclic) bond motifs is 1. The van der Waals surface area contributed by atoms with E-state index in [1.165, 1.54) is 11.8 Å². The number of aromatic nitrogens is 3. The minimum Gasteiger partial charge on any atom is -0.497 e. The van der Waals surface area contributed by atoms with Gasteiger partial charge in [0.25, 0.3) is 0 Å². The first-order valence-electron chi connectivity index (χ1n) is 10.2. The molecule has 1 saturated heterocycles. The number of thioether (sulfide) groups is 1. The van der Waals surface area contributed by atoms with Gasteiger partial charge in [0.05, 0.1) is 26.4 Å². The summed E-state index contributed by atoms with van der Waals surface area (Å²) in [5, 5.41) is 9.07. The van der Waals surface area contributed by atoms with Crippen molar-refractivity contribution in [3.05, 3.63) is 60.2 Å². The molecule has 2 atom stereocenters. The number of ether oxygens (including phenoxy) is 2. The minimum absolute atomic E-state index is 0.0807. The van der Waals surface area contributed by atoms with Crippen molar-refractivity contribution < 1.29 is 14.3 Å². The maximum Gasteiger partial charge on any atom is 0.238 e. The van der Waals surface area contributed by atoms with E-state index in [9.17, 15) is 4.79 Å². The molecule has 5 rings (SSSR count). The van der Waals surface area contributed by atoms with Crippen LogP contribution in [0.3, 0.4) is 0 Å². The van der Waals surface area contributed by atoms with Crippen molar-refractivity contribution in [2.45, 2.75) is 16.4 Å². The van der Waals surface area contributed by atoms with Crippen LogP contribution in [0.5, 0.6) is 5.75 Å². The van der Waals surface area contributed by atoms with Crippen LogP contribution in [-0.2, 0) is 9.53 Å². The number of methoxy groups -OCH3 is 1. The van der Waals surface area contributed by atoms with E-state index in [-0.39, 0.29) is 17.2 Å². The van der Waals surface area contributed by atoms with Gasteiger partial charge in [-0.2, -0.15) is 0 Å². The lowest BCUT2D eigenvalue weighted by Gasteiger charge is -2.37. The maximum absolute atomic E-state index is 13.5. The van der Waals surface area contributed by atoms with Gasteiger partial charge in [-0.15, -0.1) is 10.2 Å². The lowest BCUT2D eigenvalue weighted by atomic mass is 10.0. The van der Waals surface area contributed by atoms with Gasteiger partial charge < -0.3 is 19.8 Å². The van der Waals surface area contributed by atoms with Gasteiger partial charge in [0.15, 0.2) is 5.82 Å². The SMILES string of the molecule is COc1ccc([C@@H]2Nn3c(nnc3-c3ccccc3)S[C@@H]2C(=O)N2CCOCC2)cc1. The molecule has 3 aromatic rings. The van der Waals surface area contributed by atoms with Gasteiger partial charge in [0.1, 0.15) is 11.0 Å². The molecule has 31 heavy (non-hydrogen) atoms. The van der Waals surface area contributed by atoms with Crippen molar-refractivity contribution in [3.8, 4) is 17.1 Å². The average Bonchev–Trinajstić information content (AvgIpc) is 3.27. The van der Waals surface area contributed by atoms with Crippen LogP contribution in [0.4, 0.5) is 0 Å². The maximum atomic E-state index is 13.5. The summed E-state index contributed by atoms with van der Waals surface area (Å²) in [4.78, 5) is 15.4. The molecule has 0 radical (unpaired) electrons. The molecule has 2 aliphatic heterocycles. The van der Waals surface area contributed by atoms with Crippen LogP contribution in [0.1, 0.15) is 11.6 Å². The summed E-state index contributed by atoms with van der Waals surface area (Å²) in [6.45, 7) is 2.34. The van der Waals surface area contributed by atoms with Gasteiger partial charge in [-0.1, -0.05) is 54.2 Å². The number of nitrogens with one attached hydrogen (secondary N) is 1. The highest BCUT2D eigenvalue weighted by molar-refractivity contribution is 8.00. The third kappa shape index (κ3) is 3.86. The second kappa shape index (κ2) is 8.60. The summed E-state index contributed by atoms with van der Waals surface area (Å²) in [6, 6.07) is 17.5. The standard InChI is InChI=1S/C22H23N5O3S/c1-29-17-9-7-15(8-10-17)18-19(21(28)26-11-13-30-14-12-26)31-22-24-23-20(27(22)25-18)16-5-3-2-4-6-16/h2-10,18-19,25H,11-14H2,1H3/t18-,19-/m0/s1. The van der Waals surface area contributed by atoms with Crippen LogP contribution >= 0.6 is 11.8 Å². The fraction of sp³-hybridized carbons (Fsp3) is 0.318. The van der Waals surface area contributed by atoms with Gasteiger partial charge in [-0.3, -0.25) is 4.79 Å². The van der Waals surface area contributed by atoms with Crippen molar-refractivity contribution >= 4 is 17.7 Å². The van der Waals surface area contributed by atoms with E-state index in [1.807, 2.05) is 64.2 Å². The molecule has 2 aliphatic rings. The van der Waals surface area contributed by atoms with Gasteiger partial charge >= 0.3 is 0 Å². The van der Waals surface area contributed by atoms with E-state index in [1.54, 1.807) is 7.11 Å². The molecule has 0 unspecified atom stereocenters. The highest BCUT2D eigenvalue weighted by atomic mass is 32.2. The van der Waals surface area contributed by atoms with Crippen molar-refractivity contribution in [2.75, 3.05) is 38.8 Å². The summed E-state index contributed by atoms with van der Waals surface area (Å²) >= 11 is 1.45. The third-order valence-corrected chi connectivity index (χ3v) is 6.71. The second-order valence-electron chi connectivity index (χ2n) is 7.36. The quantitative estimate of drug-likeness (QED) is 0.672. The minimum atomic E-state index is -0.369. The summed E-state index contributed by atoms with van der Waals surface area (Å²) < 4.78 is 12.6. The van der Waals surface area contributed by atoms with E-state index in [2.05, 4.69) is 15.6 Å². The number of carbonyl (C=O) groups is 1. The molecule has 8 nitrogen and oxygen atoms in total. The first-order valence-corrected chi connectivity index (χ1v) is 11.1. The fourth-order valence-corrected chi connectivity index (χ4v) is 5.01. The van der Waals surface area contributed by atoms with E-state index < -0.39 is 0 Å². The van der Waals surface area contributed by atoms with Gasteiger partial charge in [-0.25, -0.2) is 4.68 Å². The first-order chi connectivity index (χ1) is 15.2. The zero-order chi connectivity index (χ0) is 21.2. The number of benzene rings is 2. The largest absolute Gasteiger partial charge is 0.497 e. The molecule has 1 amide bonds. The molecule has 1 N–H and O–H groups in total. The van der Waals surface area contributed by atoms with E-state index >= 15 is 0 Å². The fourth-order valence-electron chi connectivity index (χ4n) is 3.84. The second-order valence-corrected chi connectivity index (χ2v) is 8.47. The van der Waals surface area contributed by atoms with Crippen LogP contribution in [0.25, 0.3) is 11.4 Å². The number of nitrogens with zero attached hydrogens (tertiary/aromatic N) is 4. The summed E-state index contributed by atoms with van der Waals surface area (Å²) in [5.74, 6) is 1.58. The zero-order valence-electron chi connectivity index (χ0n) is 17.1.